The summed E-state index contributed by atoms with van der Waals surface area (Å²) in [5, 5.41) is 9.72. The lowest BCUT2D eigenvalue weighted by atomic mass is 9.90. The van der Waals surface area contributed by atoms with Crippen molar-refractivity contribution in [3.05, 3.63) is 35.9 Å². The molecule has 2 aliphatic rings. The number of hydrogen-bond donors (Lipinski definition) is 2. The van der Waals surface area contributed by atoms with Crippen LogP contribution in [0.3, 0.4) is 0 Å². The number of likely N-dealkylation sites (tertiary alicyclic amines) is 1. The fourth-order valence-corrected chi connectivity index (χ4v) is 3.59. The van der Waals surface area contributed by atoms with Crippen molar-refractivity contribution in [3.8, 4) is 0 Å². The second-order valence-corrected chi connectivity index (χ2v) is 5.94. The minimum Gasteiger partial charge on any atom is -0.394 e. The van der Waals surface area contributed by atoms with Crippen LogP contribution in [0.25, 0.3) is 0 Å². The first kappa shape index (κ1) is 12.2. The SMILES string of the molecule is NC(CO)(CN1CC2CCC1C2)c1ccccc1. The molecule has 98 valence electrons. The Kier molecular flexibility index (Phi) is 3.14. The summed E-state index contributed by atoms with van der Waals surface area (Å²) in [7, 11) is 0. The lowest BCUT2D eigenvalue weighted by Crippen LogP contribution is -2.52. The molecule has 18 heavy (non-hydrogen) atoms. The number of fused-ring (bicyclic) bond motifs is 2. The van der Waals surface area contributed by atoms with Crippen LogP contribution in [-0.2, 0) is 5.54 Å². The van der Waals surface area contributed by atoms with E-state index in [1.807, 2.05) is 30.3 Å². The average Bonchev–Trinajstić information content (AvgIpc) is 3.02. The van der Waals surface area contributed by atoms with Crippen molar-refractivity contribution in [2.45, 2.75) is 30.8 Å². The van der Waals surface area contributed by atoms with E-state index >= 15 is 0 Å². The Morgan fingerprint density at radius 2 is 2.06 bits per heavy atom. The van der Waals surface area contributed by atoms with E-state index in [0.717, 1.165) is 24.6 Å². The molecule has 3 nitrogen and oxygen atoms in total. The molecular weight excluding hydrogens is 224 g/mol. The molecule has 2 fully saturated rings. The molecule has 1 heterocycles. The van der Waals surface area contributed by atoms with E-state index in [4.69, 9.17) is 5.73 Å². The van der Waals surface area contributed by atoms with E-state index in [-0.39, 0.29) is 6.61 Å². The summed E-state index contributed by atoms with van der Waals surface area (Å²) in [6.07, 6.45) is 4.01. The van der Waals surface area contributed by atoms with Crippen LogP contribution in [0.2, 0.25) is 0 Å². The van der Waals surface area contributed by atoms with Crippen molar-refractivity contribution in [2.24, 2.45) is 11.7 Å². The van der Waals surface area contributed by atoms with E-state index in [1.54, 1.807) is 0 Å². The summed E-state index contributed by atoms with van der Waals surface area (Å²) < 4.78 is 0. The van der Waals surface area contributed by atoms with Crippen LogP contribution in [0.1, 0.15) is 24.8 Å². The average molecular weight is 246 g/mol. The van der Waals surface area contributed by atoms with E-state index in [9.17, 15) is 5.11 Å². The van der Waals surface area contributed by atoms with Crippen LogP contribution in [0.5, 0.6) is 0 Å². The monoisotopic (exact) mass is 246 g/mol. The van der Waals surface area contributed by atoms with Gasteiger partial charge in [0.25, 0.3) is 0 Å². The maximum absolute atomic E-state index is 9.72. The highest BCUT2D eigenvalue weighted by Gasteiger charge is 2.41. The van der Waals surface area contributed by atoms with Gasteiger partial charge in [0, 0.05) is 19.1 Å². The molecule has 3 heteroatoms. The second-order valence-electron chi connectivity index (χ2n) is 5.94. The Bertz CT molecular complexity index is 408. The normalized spacial score (nSPS) is 30.6. The molecule has 0 amide bonds. The van der Waals surface area contributed by atoms with Crippen molar-refractivity contribution >= 4 is 0 Å². The van der Waals surface area contributed by atoms with Crippen LogP contribution >= 0.6 is 0 Å². The molecule has 0 radical (unpaired) electrons. The first-order chi connectivity index (χ1) is 8.71. The maximum atomic E-state index is 9.72. The van der Waals surface area contributed by atoms with Crippen LogP contribution in [0.15, 0.2) is 30.3 Å². The smallest absolute Gasteiger partial charge is 0.0773 e. The van der Waals surface area contributed by atoms with Crippen molar-refractivity contribution in [3.63, 3.8) is 0 Å². The van der Waals surface area contributed by atoms with E-state index in [2.05, 4.69) is 4.90 Å². The molecule has 3 unspecified atom stereocenters. The summed E-state index contributed by atoms with van der Waals surface area (Å²) >= 11 is 0. The van der Waals surface area contributed by atoms with Crippen molar-refractivity contribution in [1.82, 2.24) is 4.90 Å². The summed E-state index contributed by atoms with van der Waals surface area (Å²) in [5.41, 5.74) is 6.86. The van der Waals surface area contributed by atoms with Crippen LogP contribution in [0.4, 0.5) is 0 Å². The number of nitrogens with two attached hydrogens (primary N) is 1. The molecule has 1 saturated heterocycles. The van der Waals surface area contributed by atoms with Crippen molar-refractivity contribution in [1.29, 1.82) is 0 Å². The zero-order chi connectivity index (χ0) is 12.6. The summed E-state index contributed by atoms with van der Waals surface area (Å²) in [6.45, 7) is 1.94. The zero-order valence-corrected chi connectivity index (χ0v) is 10.8. The zero-order valence-electron chi connectivity index (χ0n) is 10.8. The lowest BCUT2D eigenvalue weighted by molar-refractivity contribution is 0.115. The lowest BCUT2D eigenvalue weighted by Gasteiger charge is -2.36. The first-order valence-electron chi connectivity index (χ1n) is 6.90. The molecule has 0 aromatic heterocycles. The summed E-state index contributed by atoms with van der Waals surface area (Å²) in [4.78, 5) is 2.48. The Balaban J connectivity index is 1.76. The highest BCUT2D eigenvalue weighted by Crippen LogP contribution is 2.38. The summed E-state index contributed by atoms with van der Waals surface area (Å²) in [6, 6.07) is 10.7. The largest absolute Gasteiger partial charge is 0.394 e. The minimum atomic E-state index is -0.619. The van der Waals surface area contributed by atoms with Gasteiger partial charge in [-0.05, 0) is 30.7 Å². The van der Waals surface area contributed by atoms with Crippen LogP contribution in [0, 0.1) is 5.92 Å². The molecule has 0 spiro atoms. The molecule has 1 saturated carbocycles. The van der Waals surface area contributed by atoms with E-state index < -0.39 is 5.54 Å². The standard InChI is InChI=1S/C15H22N2O/c16-15(11-18,13-4-2-1-3-5-13)10-17-9-12-6-7-14(17)8-12/h1-5,12,14,18H,6-11,16H2. The molecule has 1 aliphatic heterocycles. The van der Waals surface area contributed by atoms with Gasteiger partial charge in [-0.2, -0.15) is 0 Å². The van der Waals surface area contributed by atoms with Crippen molar-refractivity contribution < 1.29 is 5.11 Å². The number of aliphatic hydroxyl groups is 1. The Morgan fingerprint density at radius 3 is 2.61 bits per heavy atom. The van der Waals surface area contributed by atoms with Gasteiger partial charge in [0.15, 0.2) is 0 Å². The van der Waals surface area contributed by atoms with Gasteiger partial charge in [-0.15, -0.1) is 0 Å². The Labute approximate surface area is 109 Å². The highest BCUT2D eigenvalue weighted by atomic mass is 16.3. The molecule has 1 aromatic rings. The van der Waals surface area contributed by atoms with Gasteiger partial charge in [-0.1, -0.05) is 30.3 Å². The Morgan fingerprint density at radius 1 is 1.28 bits per heavy atom. The molecule has 2 bridgehead atoms. The number of hydrogen-bond acceptors (Lipinski definition) is 3. The van der Waals surface area contributed by atoms with Gasteiger partial charge in [0.2, 0.25) is 0 Å². The fourth-order valence-electron chi connectivity index (χ4n) is 3.59. The maximum Gasteiger partial charge on any atom is 0.0773 e. The number of rotatable bonds is 4. The predicted molar refractivity (Wildman–Crippen MR) is 72.1 cm³/mol. The molecule has 3 atom stereocenters. The molecule has 1 aromatic carbocycles. The van der Waals surface area contributed by atoms with Gasteiger partial charge >= 0.3 is 0 Å². The van der Waals surface area contributed by atoms with Gasteiger partial charge in [-0.3, -0.25) is 4.90 Å². The number of nitrogens with zero attached hydrogens (tertiary/aromatic N) is 1. The highest BCUT2D eigenvalue weighted by molar-refractivity contribution is 5.25. The predicted octanol–water partition coefficient (Wildman–Crippen LogP) is 1.32. The number of piperidine rings is 1. The number of aliphatic hydroxyl groups excluding tert-OH is 1. The molecular formula is C15H22N2O. The third-order valence-electron chi connectivity index (χ3n) is 4.64. The van der Waals surface area contributed by atoms with Gasteiger partial charge in [0.1, 0.15) is 0 Å². The van der Waals surface area contributed by atoms with Crippen molar-refractivity contribution in [2.75, 3.05) is 19.7 Å². The quantitative estimate of drug-likeness (QED) is 0.842. The second kappa shape index (κ2) is 4.65. The third-order valence-corrected chi connectivity index (χ3v) is 4.64. The summed E-state index contributed by atoms with van der Waals surface area (Å²) in [5.74, 6) is 0.869. The van der Waals surface area contributed by atoms with Gasteiger partial charge < -0.3 is 10.8 Å². The first-order valence-corrected chi connectivity index (χ1v) is 6.90. The minimum absolute atomic E-state index is 0.00486. The topological polar surface area (TPSA) is 49.5 Å². The molecule has 3 rings (SSSR count). The number of benzene rings is 1. The Hall–Kier alpha value is -0.900. The van der Waals surface area contributed by atoms with Crippen LogP contribution < -0.4 is 5.73 Å². The molecule has 3 N–H and O–H groups in total. The van der Waals surface area contributed by atoms with E-state index in [0.29, 0.717) is 6.04 Å². The fraction of sp³-hybridized carbons (Fsp3) is 0.600. The van der Waals surface area contributed by atoms with E-state index in [1.165, 1.54) is 19.3 Å². The van der Waals surface area contributed by atoms with Gasteiger partial charge in [-0.25, -0.2) is 0 Å². The third kappa shape index (κ3) is 2.07. The molecule has 1 aliphatic carbocycles. The van der Waals surface area contributed by atoms with Crippen LogP contribution in [-0.4, -0.2) is 35.7 Å². The van der Waals surface area contributed by atoms with Gasteiger partial charge in [0.05, 0.1) is 12.1 Å².